The van der Waals surface area contributed by atoms with Crippen LogP contribution in [0.5, 0.6) is 0 Å². The molecule has 4 nitrogen and oxygen atoms in total. The lowest BCUT2D eigenvalue weighted by molar-refractivity contribution is -0.155. The summed E-state index contributed by atoms with van der Waals surface area (Å²) >= 11 is 0. The molecule has 0 saturated heterocycles. The Morgan fingerprint density at radius 3 is 2.12 bits per heavy atom. The summed E-state index contributed by atoms with van der Waals surface area (Å²) in [6.45, 7) is 4.79. The van der Waals surface area contributed by atoms with E-state index in [0.717, 1.165) is 5.56 Å². The molecular weight excluding hydrogens is 223 g/mol. The van der Waals surface area contributed by atoms with Gasteiger partial charge in [-0.25, -0.2) is 9.82 Å². The van der Waals surface area contributed by atoms with Gasteiger partial charge in [-0.3, -0.25) is 5.84 Å². The van der Waals surface area contributed by atoms with Gasteiger partial charge >= 0.3 is 0 Å². The summed E-state index contributed by atoms with van der Waals surface area (Å²) in [5, 5.41) is 0. The van der Waals surface area contributed by atoms with Gasteiger partial charge in [-0.2, -0.15) is 0 Å². The highest BCUT2D eigenvalue weighted by Gasteiger charge is 2.22. The van der Waals surface area contributed by atoms with Crippen molar-refractivity contribution in [1.82, 2.24) is 5.43 Å². The Kier molecular flexibility index (Phi) is 6.07. The normalized spacial score (nSPS) is 13.0. The van der Waals surface area contributed by atoms with Crippen LogP contribution >= 0.6 is 0 Å². The van der Waals surface area contributed by atoms with Crippen molar-refractivity contribution in [3.8, 4) is 0 Å². The van der Waals surface area contributed by atoms with Crippen LogP contribution in [0.2, 0.25) is 0 Å². The van der Waals surface area contributed by atoms with Crippen LogP contribution in [-0.2, 0) is 9.47 Å². The molecule has 0 fully saturated rings. The van der Waals surface area contributed by atoms with Crippen LogP contribution in [0.4, 0.5) is 4.39 Å². The fourth-order valence-corrected chi connectivity index (χ4v) is 1.57. The highest BCUT2D eigenvalue weighted by Crippen LogP contribution is 2.20. The molecule has 0 radical (unpaired) electrons. The summed E-state index contributed by atoms with van der Waals surface area (Å²) in [5.74, 6) is 5.22. The Hall–Kier alpha value is -1.01. The largest absolute Gasteiger partial charge is 0.351 e. The first-order valence-corrected chi connectivity index (χ1v) is 5.67. The third kappa shape index (κ3) is 4.05. The molecule has 1 unspecified atom stereocenters. The maximum absolute atomic E-state index is 12.8. The van der Waals surface area contributed by atoms with Crippen molar-refractivity contribution in [3.63, 3.8) is 0 Å². The van der Waals surface area contributed by atoms with Crippen LogP contribution in [0, 0.1) is 5.82 Å². The molecule has 0 aliphatic carbocycles. The van der Waals surface area contributed by atoms with Gasteiger partial charge in [0.25, 0.3) is 0 Å². The van der Waals surface area contributed by atoms with Crippen LogP contribution in [0.1, 0.15) is 25.5 Å². The molecule has 0 bridgehead atoms. The van der Waals surface area contributed by atoms with Gasteiger partial charge in [0.15, 0.2) is 6.29 Å². The molecule has 96 valence electrons. The molecule has 0 aliphatic heterocycles. The maximum atomic E-state index is 12.8. The summed E-state index contributed by atoms with van der Waals surface area (Å²) in [6, 6.07) is 5.76. The van der Waals surface area contributed by atoms with E-state index >= 15 is 0 Å². The first-order valence-electron chi connectivity index (χ1n) is 5.67. The Morgan fingerprint density at radius 2 is 1.71 bits per heavy atom. The van der Waals surface area contributed by atoms with Gasteiger partial charge in [0.1, 0.15) is 5.82 Å². The van der Waals surface area contributed by atoms with Crippen molar-refractivity contribution in [2.24, 2.45) is 5.84 Å². The monoisotopic (exact) mass is 242 g/mol. The van der Waals surface area contributed by atoms with Crippen molar-refractivity contribution in [2.45, 2.75) is 26.2 Å². The minimum Gasteiger partial charge on any atom is -0.351 e. The van der Waals surface area contributed by atoms with Gasteiger partial charge in [0, 0.05) is 13.2 Å². The Labute approximate surface area is 101 Å². The van der Waals surface area contributed by atoms with Gasteiger partial charge in [-0.15, -0.1) is 0 Å². The second kappa shape index (κ2) is 7.34. The summed E-state index contributed by atoms with van der Waals surface area (Å²) in [5.41, 5.74) is 3.46. The SMILES string of the molecule is CCOC(OCC)C(NN)c1ccc(F)cc1. The number of rotatable bonds is 7. The molecule has 17 heavy (non-hydrogen) atoms. The predicted molar refractivity (Wildman–Crippen MR) is 63.5 cm³/mol. The number of hydrogen-bond acceptors (Lipinski definition) is 4. The predicted octanol–water partition coefficient (Wildman–Crippen LogP) is 1.73. The van der Waals surface area contributed by atoms with Crippen molar-refractivity contribution in [2.75, 3.05) is 13.2 Å². The smallest absolute Gasteiger partial charge is 0.178 e. The molecule has 5 heteroatoms. The first-order chi connectivity index (χ1) is 8.22. The molecule has 0 spiro atoms. The molecule has 1 atom stereocenters. The third-order valence-electron chi connectivity index (χ3n) is 2.34. The van der Waals surface area contributed by atoms with Gasteiger partial charge in [-0.05, 0) is 31.5 Å². The van der Waals surface area contributed by atoms with Crippen LogP contribution in [-0.4, -0.2) is 19.5 Å². The van der Waals surface area contributed by atoms with Crippen molar-refractivity contribution in [1.29, 1.82) is 0 Å². The Balaban J connectivity index is 2.83. The number of nitrogens with one attached hydrogen (secondary N) is 1. The lowest BCUT2D eigenvalue weighted by Gasteiger charge is -2.26. The number of ether oxygens (including phenoxy) is 2. The minimum absolute atomic E-state index is 0.283. The summed E-state index contributed by atoms with van der Waals surface area (Å²) in [7, 11) is 0. The molecule has 0 saturated carbocycles. The zero-order valence-electron chi connectivity index (χ0n) is 10.2. The fourth-order valence-electron chi connectivity index (χ4n) is 1.57. The van der Waals surface area contributed by atoms with E-state index in [1.165, 1.54) is 12.1 Å². The third-order valence-corrected chi connectivity index (χ3v) is 2.34. The summed E-state index contributed by atoms with van der Waals surface area (Å²) in [4.78, 5) is 0. The molecule has 1 aromatic rings. The van der Waals surface area contributed by atoms with Gasteiger partial charge < -0.3 is 9.47 Å². The average Bonchev–Trinajstić information content (AvgIpc) is 2.33. The zero-order chi connectivity index (χ0) is 12.7. The van der Waals surface area contributed by atoms with Crippen molar-refractivity contribution in [3.05, 3.63) is 35.6 Å². The average molecular weight is 242 g/mol. The Morgan fingerprint density at radius 1 is 1.18 bits per heavy atom. The van der Waals surface area contributed by atoms with Crippen LogP contribution in [0.25, 0.3) is 0 Å². The van der Waals surface area contributed by atoms with E-state index in [-0.39, 0.29) is 11.9 Å². The lowest BCUT2D eigenvalue weighted by atomic mass is 10.1. The number of benzene rings is 1. The number of hydrazine groups is 1. The van der Waals surface area contributed by atoms with Gasteiger partial charge in [-0.1, -0.05) is 12.1 Å². The molecule has 3 N–H and O–H groups in total. The van der Waals surface area contributed by atoms with Crippen molar-refractivity contribution >= 4 is 0 Å². The maximum Gasteiger partial charge on any atom is 0.178 e. The second-order valence-corrected chi connectivity index (χ2v) is 3.47. The topological polar surface area (TPSA) is 56.5 Å². The van der Waals surface area contributed by atoms with E-state index in [4.69, 9.17) is 15.3 Å². The van der Waals surface area contributed by atoms with E-state index in [2.05, 4.69) is 5.43 Å². The van der Waals surface area contributed by atoms with E-state index in [1.807, 2.05) is 13.8 Å². The van der Waals surface area contributed by atoms with E-state index < -0.39 is 6.29 Å². The molecule has 0 aliphatic rings. The number of halogens is 1. The molecule has 1 rings (SSSR count). The molecular formula is C12H19FN2O2. The zero-order valence-corrected chi connectivity index (χ0v) is 10.2. The Bertz CT molecular complexity index is 313. The number of nitrogens with two attached hydrogens (primary N) is 1. The quantitative estimate of drug-likeness (QED) is 0.434. The van der Waals surface area contributed by atoms with E-state index in [1.54, 1.807) is 12.1 Å². The van der Waals surface area contributed by atoms with Crippen LogP contribution in [0.3, 0.4) is 0 Å². The molecule has 0 aromatic heterocycles. The lowest BCUT2D eigenvalue weighted by Crippen LogP contribution is -2.39. The molecule has 0 amide bonds. The standard InChI is InChI=1S/C12H19FN2O2/c1-3-16-12(17-4-2)11(15-14)9-5-7-10(13)8-6-9/h5-8,11-12,15H,3-4,14H2,1-2H3. The fraction of sp³-hybridized carbons (Fsp3) is 0.500. The van der Waals surface area contributed by atoms with Crippen LogP contribution < -0.4 is 11.3 Å². The van der Waals surface area contributed by atoms with Crippen molar-refractivity contribution < 1.29 is 13.9 Å². The van der Waals surface area contributed by atoms with Gasteiger partial charge in [0.05, 0.1) is 6.04 Å². The van der Waals surface area contributed by atoms with Gasteiger partial charge in [0.2, 0.25) is 0 Å². The van der Waals surface area contributed by atoms with E-state index in [0.29, 0.717) is 13.2 Å². The second-order valence-electron chi connectivity index (χ2n) is 3.47. The molecule has 1 aromatic carbocycles. The molecule has 0 heterocycles. The van der Waals surface area contributed by atoms with Crippen LogP contribution in [0.15, 0.2) is 24.3 Å². The number of hydrogen-bond donors (Lipinski definition) is 2. The highest BCUT2D eigenvalue weighted by atomic mass is 19.1. The minimum atomic E-state index is -0.486. The summed E-state index contributed by atoms with van der Waals surface area (Å²) < 4.78 is 23.8. The van der Waals surface area contributed by atoms with E-state index in [9.17, 15) is 4.39 Å². The first kappa shape index (κ1) is 14.1. The summed E-state index contributed by atoms with van der Waals surface area (Å²) in [6.07, 6.45) is -0.486. The highest BCUT2D eigenvalue weighted by molar-refractivity contribution is 5.20.